The van der Waals surface area contributed by atoms with Crippen molar-refractivity contribution in [3.05, 3.63) is 30.1 Å². The highest BCUT2D eigenvalue weighted by molar-refractivity contribution is 8.00. The van der Waals surface area contributed by atoms with E-state index in [9.17, 15) is 9.59 Å². The maximum absolute atomic E-state index is 12.4. The Kier molecular flexibility index (Phi) is 5.15. The van der Waals surface area contributed by atoms with Crippen LogP contribution in [0.15, 0.2) is 29.4 Å². The first-order valence-electron chi connectivity index (χ1n) is 9.39. The fourth-order valence-electron chi connectivity index (χ4n) is 3.28. The highest BCUT2D eigenvalue weighted by Crippen LogP contribution is 2.42. The Hall–Kier alpha value is -2.35. The molecule has 1 aromatic carbocycles. The minimum absolute atomic E-state index is 0.0759. The zero-order valence-corrected chi connectivity index (χ0v) is 16.1. The molecule has 1 saturated carbocycles. The van der Waals surface area contributed by atoms with E-state index in [1.165, 1.54) is 18.7 Å². The standard InChI is InChI=1S/C19H23N5O2S/c1-12(25)21-14-5-4-6-15(11-14)24-17(13-8-9-13)22-23-19(24)27-16-7-2-3-10-20-18(16)26/h4-6,11,13,16H,2-3,7-10H2,1H3,(H,20,26)(H,21,25)/t16-/m1/s1. The third-order valence-corrected chi connectivity index (χ3v) is 5.97. The minimum atomic E-state index is -0.152. The van der Waals surface area contributed by atoms with Gasteiger partial charge < -0.3 is 10.6 Å². The summed E-state index contributed by atoms with van der Waals surface area (Å²) in [5.41, 5.74) is 1.64. The van der Waals surface area contributed by atoms with Gasteiger partial charge in [-0.2, -0.15) is 0 Å². The molecule has 0 bridgehead atoms. The van der Waals surface area contributed by atoms with Crippen molar-refractivity contribution in [1.29, 1.82) is 0 Å². The molecule has 8 heteroatoms. The van der Waals surface area contributed by atoms with Crippen molar-refractivity contribution < 1.29 is 9.59 Å². The first-order chi connectivity index (χ1) is 13.1. The number of aromatic nitrogens is 3. The summed E-state index contributed by atoms with van der Waals surface area (Å²) in [6.07, 6.45) is 5.10. The quantitative estimate of drug-likeness (QED) is 0.826. The SMILES string of the molecule is CC(=O)Nc1cccc(-n2c(S[C@@H]3CCCCNC3=O)nnc2C2CC2)c1. The molecule has 1 saturated heterocycles. The number of rotatable bonds is 5. The van der Waals surface area contributed by atoms with E-state index in [0.717, 1.165) is 61.0 Å². The van der Waals surface area contributed by atoms with Crippen molar-refractivity contribution >= 4 is 29.3 Å². The fraction of sp³-hybridized carbons (Fsp3) is 0.474. The highest BCUT2D eigenvalue weighted by atomic mass is 32.2. The second-order valence-electron chi connectivity index (χ2n) is 7.08. The van der Waals surface area contributed by atoms with E-state index in [-0.39, 0.29) is 17.1 Å². The Morgan fingerprint density at radius 3 is 2.89 bits per heavy atom. The van der Waals surface area contributed by atoms with Crippen molar-refractivity contribution in [2.45, 2.75) is 55.4 Å². The lowest BCUT2D eigenvalue weighted by atomic mass is 10.2. The molecule has 2 aliphatic rings. The lowest BCUT2D eigenvalue weighted by Gasteiger charge is -2.15. The number of anilines is 1. The highest BCUT2D eigenvalue weighted by Gasteiger charge is 2.32. The molecule has 1 aliphatic carbocycles. The van der Waals surface area contributed by atoms with Crippen molar-refractivity contribution in [3.63, 3.8) is 0 Å². The molecule has 2 fully saturated rings. The van der Waals surface area contributed by atoms with Gasteiger partial charge in [-0.15, -0.1) is 10.2 Å². The normalized spacial score (nSPS) is 20.0. The van der Waals surface area contributed by atoms with Crippen LogP contribution in [-0.2, 0) is 9.59 Å². The molecule has 7 nitrogen and oxygen atoms in total. The molecule has 1 atom stereocenters. The van der Waals surface area contributed by atoms with Gasteiger partial charge in [-0.05, 0) is 43.9 Å². The van der Waals surface area contributed by atoms with Crippen LogP contribution in [0.5, 0.6) is 0 Å². The average molecular weight is 385 g/mol. The number of thioether (sulfide) groups is 1. The summed E-state index contributed by atoms with van der Waals surface area (Å²) >= 11 is 1.48. The van der Waals surface area contributed by atoms with Crippen molar-refractivity contribution in [3.8, 4) is 5.69 Å². The molecule has 0 unspecified atom stereocenters. The topological polar surface area (TPSA) is 88.9 Å². The van der Waals surface area contributed by atoms with Gasteiger partial charge in [-0.3, -0.25) is 14.2 Å². The summed E-state index contributed by atoms with van der Waals surface area (Å²) in [5, 5.41) is 15.2. The molecule has 27 heavy (non-hydrogen) atoms. The smallest absolute Gasteiger partial charge is 0.233 e. The van der Waals surface area contributed by atoms with E-state index in [1.807, 2.05) is 28.8 Å². The molecular formula is C19H23N5O2S. The Bertz CT molecular complexity index is 862. The van der Waals surface area contributed by atoms with Gasteiger partial charge >= 0.3 is 0 Å². The van der Waals surface area contributed by atoms with Gasteiger partial charge in [-0.25, -0.2) is 0 Å². The summed E-state index contributed by atoms with van der Waals surface area (Å²) in [6.45, 7) is 2.24. The van der Waals surface area contributed by atoms with Gasteiger partial charge in [0, 0.05) is 25.1 Å². The van der Waals surface area contributed by atoms with Crippen LogP contribution < -0.4 is 10.6 Å². The average Bonchev–Trinajstić information content (AvgIpc) is 3.42. The molecule has 2 amide bonds. The van der Waals surface area contributed by atoms with Crippen molar-refractivity contribution in [1.82, 2.24) is 20.1 Å². The number of amides is 2. The van der Waals surface area contributed by atoms with Gasteiger partial charge in [0.15, 0.2) is 5.16 Å². The minimum Gasteiger partial charge on any atom is -0.355 e. The predicted octanol–water partition coefficient (Wildman–Crippen LogP) is 2.86. The van der Waals surface area contributed by atoms with Crippen LogP contribution >= 0.6 is 11.8 Å². The van der Waals surface area contributed by atoms with Crippen LogP contribution in [0.25, 0.3) is 5.69 Å². The third kappa shape index (κ3) is 4.16. The molecule has 2 heterocycles. The molecule has 0 radical (unpaired) electrons. The summed E-state index contributed by atoms with van der Waals surface area (Å²) in [6, 6.07) is 7.67. The molecule has 2 aromatic rings. The Labute approximate surface area is 162 Å². The molecule has 142 valence electrons. The second-order valence-corrected chi connectivity index (χ2v) is 8.25. The maximum Gasteiger partial charge on any atom is 0.233 e. The Balaban J connectivity index is 1.68. The fourth-order valence-corrected chi connectivity index (χ4v) is 4.40. The number of carbonyl (C=O) groups excluding carboxylic acids is 2. The first-order valence-corrected chi connectivity index (χ1v) is 10.3. The molecule has 0 spiro atoms. The van der Waals surface area contributed by atoms with Crippen molar-refractivity contribution in [2.75, 3.05) is 11.9 Å². The summed E-state index contributed by atoms with van der Waals surface area (Å²) in [7, 11) is 0. The lowest BCUT2D eigenvalue weighted by Crippen LogP contribution is -2.30. The van der Waals surface area contributed by atoms with Gasteiger partial charge in [0.25, 0.3) is 0 Å². The zero-order chi connectivity index (χ0) is 18.8. The van der Waals surface area contributed by atoms with E-state index < -0.39 is 0 Å². The monoisotopic (exact) mass is 385 g/mol. The molecule has 4 rings (SSSR count). The van der Waals surface area contributed by atoms with E-state index in [0.29, 0.717) is 5.92 Å². The number of benzene rings is 1. The summed E-state index contributed by atoms with van der Waals surface area (Å²) in [4.78, 5) is 23.8. The van der Waals surface area contributed by atoms with Crippen LogP contribution in [0.4, 0.5) is 5.69 Å². The van der Waals surface area contributed by atoms with Crippen LogP contribution in [0, 0.1) is 0 Å². The van der Waals surface area contributed by atoms with E-state index >= 15 is 0 Å². The maximum atomic E-state index is 12.4. The molecule has 1 aliphatic heterocycles. The van der Waals surface area contributed by atoms with E-state index in [1.54, 1.807) is 0 Å². The lowest BCUT2D eigenvalue weighted by molar-refractivity contribution is -0.120. The Morgan fingerprint density at radius 1 is 1.26 bits per heavy atom. The Morgan fingerprint density at radius 2 is 2.11 bits per heavy atom. The number of hydrogen-bond donors (Lipinski definition) is 2. The number of hydrogen-bond acceptors (Lipinski definition) is 5. The van der Waals surface area contributed by atoms with Crippen LogP contribution in [0.2, 0.25) is 0 Å². The van der Waals surface area contributed by atoms with E-state index in [2.05, 4.69) is 20.8 Å². The number of nitrogens with one attached hydrogen (secondary N) is 2. The van der Waals surface area contributed by atoms with Gasteiger partial charge in [0.05, 0.1) is 10.9 Å². The third-order valence-electron chi connectivity index (χ3n) is 4.76. The largest absolute Gasteiger partial charge is 0.355 e. The van der Waals surface area contributed by atoms with Crippen LogP contribution in [0.3, 0.4) is 0 Å². The number of carbonyl (C=O) groups is 2. The van der Waals surface area contributed by atoms with Crippen molar-refractivity contribution in [2.24, 2.45) is 0 Å². The van der Waals surface area contributed by atoms with Gasteiger partial charge in [-0.1, -0.05) is 24.2 Å². The second kappa shape index (κ2) is 7.72. The van der Waals surface area contributed by atoms with Gasteiger partial charge in [0.2, 0.25) is 11.8 Å². The summed E-state index contributed by atoms with van der Waals surface area (Å²) in [5.74, 6) is 1.32. The summed E-state index contributed by atoms with van der Waals surface area (Å²) < 4.78 is 2.05. The van der Waals surface area contributed by atoms with Crippen LogP contribution in [0.1, 0.15) is 50.8 Å². The molecular weight excluding hydrogens is 362 g/mol. The molecule has 2 N–H and O–H groups in total. The number of nitrogens with zero attached hydrogens (tertiary/aromatic N) is 3. The van der Waals surface area contributed by atoms with Crippen LogP contribution in [-0.4, -0.2) is 38.4 Å². The van der Waals surface area contributed by atoms with Gasteiger partial charge in [0.1, 0.15) is 5.82 Å². The zero-order valence-electron chi connectivity index (χ0n) is 15.3. The van der Waals surface area contributed by atoms with E-state index in [4.69, 9.17) is 0 Å². The molecule has 1 aromatic heterocycles. The first kappa shape index (κ1) is 18.0. The predicted molar refractivity (Wildman–Crippen MR) is 104 cm³/mol.